The Bertz CT molecular complexity index is 1070. The van der Waals surface area contributed by atoms with Crippen LogP contribution >= 0.6 is 11.3 Å². The maximum Gasteiger partial charge on any atom is 0.270 e. The summed E-state index contributed by atoms with van der Waals surface area (Å²) in [7, 11) is 0. The number of carbonyl (C=O) groups is 1. The summed E-state index contributed by atoms with van der Waals surface area (Å²) in [6, 6.07) is 12.7. The molecule has 0 unspecified atom stereocenters. The molecule has 1 aliphatic heterocycles. The fourth-order valence-corrected chi connectivity index (χ4v) is 4.20. The highest BCUT2D eigenvalue weighted by Crippen LogP contribution is 2.31. The van der Waals surface area contributed by atoms with Crippen LogP contribution in [-0.2, 0) is 0 Å². The van der Waals surface area contributed by atoms with Gasteiger partial charge >= 0.3 is 0 Å². The topological polar surface area (TPSA) is 63.4 Å². The van der Waals surface area contributed by atoms with Crippen molar-refractivity contribution >= 4 is 38.6 Å². The van der Waals surface area contributed by atoms with Gasteiger partial charge in [0.05, 0.1) is 9.80 Å². The van der Waals surface area contributed by atoms with Crippen molar-refractivity contribution < 1.29 is 14.1 Å². The van der Waals surface area contributed by atoms with Gasteiger partial charge in [0.25, 0.3) is 11.6 Å². The molecule has 2 heterocycles. The summed E-state index contributed by atoms with van der Waals surface area (Å²) in [6.45, 7) is 1.07. The average molecular weight is 382 g/mol. The van der Waals surface area contributed by atoms with E-state index >= 15 is 0 Å². The lowest BCUT2D eigenvalue weighted by molar-refractivity contribution is -0.384. The molecular weight excluding hydrogens is 367 g/mol. The molecule has 0 fully saturated rings. The van der Waals surface area contributed by atoms with Crippen LogP contribution < -0.4 is 0 Å². The molecule has 5 nitrogen and oxygen atoms in total. The van der Waals surface area contributed by atoms with E-state index < -0.39 is 4.92 Å². The van der Waals surface area contributed by atoms with Crippen molar-refractivity contribution in [3.63, 3.8) is 0 Å². The number of benzene rings is 2. The lowest BCUT2D eigenvalue weighted by atomic mass is 9.99. The zero-order valence-electron chi connectivity index (χ0n) is 14.2. The minimum absolute atomic E-state index is 0.0177. The van der Waals surface area contributed by atoms with Crippen molar-refractivity contribution in [1.82, 2.24) is 4.90 Å². The Balaban J connectivity index is 1.53. The molecule has 27 heavy (non-hydrogen) atoms. The Kier molecular flexibility index (Phi) is 4.45. The van der Waals surface area contributed by atoms with Crippen molar-refractivity contribution in [3.05, 3.63) is 81.0 Å². The summed E-state index contributed by atoms with van der Waals surface area (Å²) in [6.07, 6.45) is 2.69. The number of hydrogen-bond donors (Lipinski definition) is 0. The minimum atomic E-state index is -0.439. The van der Waals surface area contributed by atoms with Crippen LogP contribution in [0.25, 0.3) is 15.7 Å². The van der Waals surface area contributed by atoms with Crippen molar-refractivity contribution in [3.8, 4) is 0 Å². The van der Waals surface area contributed by atoms with E-state index in [1.54, 1.807) is 29.2 Å². The number of fused-ring (bicyclic) bond motifs is 1. The van der Waals surface area contributed by atoms with Crippen molar-refractivity contribution in [2.75, 3.05) is 13.1 Å². The van der Waals surface area contributed by atoms with Crippen LogP contribution in [0.5, 0.6) is 0 Å². The SMILES string of the molecule is O=C(c1cc2cc([N+](=O)[O-])ccc2s1)N1CC=C(c2ccc(F)cc2)CC1. The fourth-order valence-electron chi connectivity index (χ4n) is 3.19. The number of thiophene rings is 1. The molecule has 1 amide bonds. The molecule has 0 bridgehead atoms. The molecule has 0 atom stereocenters. The van der Waals surface area contributed by atoms with E-state index in [0.29, 0.717) is 29.8 Å². The summed E-state index contributed by atoms with van der Waals surface area (Å²) < 4.78 is 13.9. The fraction of sp³-hybridized carbons (Fsp3) is 0.150. The van der Waals surface area contributed by atoms with Gasteiger partial charge in [0, 0.05) is 35.3 Å². The second-order valence-corrected chi connectivity index (χ2v) is 7.41. The normalized spacial score (nSPS) is 14.3. The monoisotopic (exact) mass is 382 g/mol. The zero-order chi connectivity index (χ0) is 19.0. The van der Waals surface area contributed by atoms with Crippen molar-refractivity contribution in [2.24, 2.45) is 0 Å². The molecule has 0 aliphatic carbocycles. The molecule has 136 valence electrons. The van der Waals surface area contributed by atoms with Gasteiger partial charge < -0.3 is 4.90 Å². The Morgan fingerprint density at radius 2 is 1.93 bits per heavy atom. The summed E-state index contributed by atoms with van der Waals surface area (Å²) in [5.74, 6) is -0.342. The highest BCUT2D eigenvalue weighted by molar-refractivity contribution is 7.20. The van der Waals surface area contributed by atoms with Gasteiger partial charge in [0.2, 0.25) is 0 Å². The van der Waals surface area contributed by atoms with Crippen LogP contribution in [0.3, 0.4) is 0 Å². The molecule has 1 aliphatic rings. The van der Waals surface area contributed by atoms with Gasteiger partial charge in [-0.15, -0.1) is 11.3 Å². The summed E-state index contributed by atoms with van der Waals surface area (Å²) in [5, 5.41) is 11.6. The summed E-state index contributed by atoms with van der Waals surface area (Å²) in [4.78, 5) is 25.6. The first-order chi connectivity index (χ1) is 13.0. The van der Waals surface area contributed by atoms with Crippen molar-refractivity contribution in [1.29, 1.82) is 0 Å². The standard InChI is InChI=1S/C20H15FN2O3S/c21-16-3-1-13(2-4-16)14-7-9-22(10-8-14)20(24)19-12-15-11-17(23(25)26)5-6-18(15)27-19/h1-7,11-12H,8-10H2. The molecule has 0 spiro atoms. The Morgan fingerprint density at radius 3 is 2.59 bits per heavy atom. The lowest BCUT2D eigenvalue weighted by Crippen LogP contribution is -2.34. The predicted octanol–water partition coefficient (Wildman–Crippen LogP) is 4.88. The molecule has 0 saturated carbocycles. The van der Waals surface area contributed by atoms with E-state index in [9.17, 15) is 19.3 Å². The molecule has 0 N–H and O–H groups in total. The first kappa shape index (κ1) is 17.4. The first-order valence-electron chi connectivity index (χ1n) is 8.43. The number of non-ortho nitro benzene ring substituents is 1. The van der Waals surface area contributed by atoms with Gasteiger partial charge in [-0.3, -0.25) is 14.9 Å². The van der Waals surface area contributed by atoms with Crippen LogP contribution in [0.4, 0.5) is 10.1 Å². The van der Waals surface area contributed by atoms with Gasteiger partial charge in [0.1, 0.15) is 5.82 Å². The van der Waals surface area contributed by atoms with E-state index in [-0.39, 0.29) is 17.4 Å². The summed E-state index contributed by atoms with van der Waals surface area (Å²) >= 11 is 1.34. The second kappa shape index (κ2) is 6.92. The number of nitro benzene ring substituents is 1. The van der Waals surface area contributed by atoms with Gasteiger partial charge in [-0.05, 0) is 41.8 Å². The third-order valence-corrected chi connectivity index (χ3v) is 5.74. The number of nitro groups is 1. The molecule has 0 saturated heterocycles. The third-order valence-electron chi connectivity index (χ3n) is 4.63. The van der Waals surface area contributed by atoms with E-state index in [1.807, 2.05) is 6.08 Å². The summed E-state index contributed by atoms with van der Waals surface area (Å²) in [5.41, 5.74) is 2.09. The number of amides is 1. The largest absolute Gasteiger partial charge is 0.334 e. The van der Waals surface area contributed by atoms with Crippen LogP contribution in [0, 0.1) is 15.9 Å². The van der Waals surface area contributed by atoms with Crippen LogP contribution in [0.1, 0.15) is 21.7 Å². The smallest absolute Gasteiger partial charge is 0.270 e. The zero-order valence-corrected chi connectivity index (χ0v) is 15.0. The number of carbonyl (C=O) groups excluding carboxylic acids is 1. The highest BCUT2D eigenvalue weighted by Gasteiger charge is 2.21. The van der Waals surface area contributed by atoms with Gasteiger partial charge in [-0.1, -0.05) is 18.2 Å². The number of hydrogen-bond acceptors (Lipinski definition) is 4. The maximum atomic E-state index is 13.1. The minimum Gasteiger partial charge on any atom is -0.334 e. The molecule has 3 aromatic rings. The average Bonchev–Trinajstić information content (AvgIpc) is 3.11. The number of nitrogens with zero attached hydrogens (tertiary/aromatic N) is 2. The van der Waals surface area contributed by atoms with E-state index in [4.69, 9.17) is 0 Å². The molecule has 1 aromatic heterocycles. The third kappa shape index (κ3) is 3.46. The highest BCUT2D eigenvalue weighted by atomic mass is 32.1. The van der Waals surface area contributed by atoms with Crippen molar-refractivity contribution in [2.45, 2.75) is 6.42 Å². The maximum absolute atomic E-state index is 13.1. The van der Waals surface area contributed by atoms with Gasteiger partial charge in [-0.2, -0.15) is 0 Å². The molecular formula is C20H15FN2O3S. The number of halogens is 1. The Morgan fingerprint density at radius 1 is 1.15 bits per heavy atom. The van der Waals surface area contributed by atoms with Gasteiger partial charge in [0.15, 0.2) is 0 Å². The van der Waals surface area contributed by atoms with Crippen LogP contribution in [0.2, 0.25) is 0 Å². The quantitative estimate of drug-likeness (QED) is 0.479. The molecule has 7 heteroatoms. The molecule has 2 aromatic carbocycles. The molecule has 0 radical (unpaired) electrons. The first-order valence-corrected chi connectivity index (χ1v) is 9.25. The Hall–Kier alpha value is -3.06. The van der Waals surface area contributed by atoms with Crippen LogP contribution in [-0.4, -0.2) is 28.8 Å². The second-order valence-electron chi connectivity index (χ2n) is 6.33. The molecule has 4 rings (SSSR count). The number of rotatable bonds is 3. The lowest BCUT2D eigenvalue weighted by Gasteiger charge is -2.26. The van der Waals surface area contributed by atoms with E-state index in [1.165, 1.54) is 35.6 Å². The van der Waals surface area contributed by atoms with Gasteiger partial charge in [-0.25, -0.2) is 4.39 Å². The van der Waals surface area contributed by atoms with E-state index in [0.717, 1.165) is 15.8 Å². The van der Waals surface area contributed by atoms with E-state index in [2.05, 4.69) is 0 Å². The Labute approximate surface area is 158 Å². The van der Waals surface area contributed by atoms with Crippen LogP contribution in [0.15, 0.2) is 54.6 Å². The predicted molar refractivity (Wildman–Crippen MR) is 103 cm³/mol.